The van der Waals surface area contributed by atoms with Crippen LogP contribution in [0.1, 0.15) is 30.5 Å². The quantitative estimate of drug-likeness (QED) is 0.157. The molecule has 251 valence electrons. The van der Waals surface area contributed by atoms with E-state index in [1.54, 1.807) is 0 Å². The minimum atomic E-state index is -0.246. The van der Waals surface area contributed by atoms with Crippen molar-refractivity contribution in [3.05, 3.63) is 193 Å². The number of aromatic nitrogens is 1. The minimum Gasteiger partial charge on any atom is -0.333 e. The molecule has 0 fully saturated rings. The Kier molecular flexibility index (Phi) is 8.37. The summed E-state index contributed by atoms with van der Waals surface area (Å²) < 4.78 is 2.50. The zero-order valence-corrected chi connectivity index (χ0v) is 33.8. The van der Waals surface area contributed by atoms with Gasteiger partial charge in [0.25, 0.3) is 0 Å². The monoisotopic (exact) mass is 806 g/mol. The van der Waals surface area contributed by atoms with E-state index < -0.39 is 0 Å². The molecule has 0 aliphatic heterocycles. The van der Waals surface area contributed by atoms with Crippen LogP contribution in [0.15, 0.2) is 170 Å². The van der Waals surface area contributed by atoms with E-state index in [1.165, 1.54) is 82.9 Å². The molecular formula is C50H37N2Pr-. The fourth-order valence-electron chi connectivity index (χ4n) is 8.71. The van der Waals surface area contributed by atoms with Crippen LogP contribution in [0.2, 0.25) is 0 Å². The van der Waals surface area contributed by atoms with Crippen LogP contribution in [-0.2, 0) is 5.41 Å². The van der Waals surface area contributed by atoms with Crippen LogP contribution in [0.3, 0.4) is 0 Å². The summed E-state index contributed by atoms with van der Waals surface area (Å²) >= 11 is 0. The van der Waals surface area contributed by atoms with Crippen LogP contribution in [0, 0.1) is 54.3 Å². The van der Waals surface area contributed by atoms with Gasteiger partial charge in [0.2, 0.25) is 0 Å². The zero-order chi connectivity index (χ0) is 35.0. The first kappa shape index (κ1) is 33.8. The van der Waals surface area contributed by atoms with E-state index in [9.17, 15) is 0 Å². The van der Waals surface area contributed by atoms with Crippen molar-refractivity contribution in [3.63, 3.8) is 0 Å². The second-order valence-corrected chi connectivity index (χ2v) is 14.6. The normalized spacial score (nSPS) is 12.8. The Bertz CT molecular complexity index is 2780. The third kappa shape index (κ3) is 5.30. The standard InChI is InChI=1S/C50H37N2.Pr/c1-33-26-29-46-43(30-33)41-25-15-24-38(34-16-7-4-8-17-34)49(41)52(46)37-27-28-42-44(31-37)50(2,3)45-32-47(39-22-13-14-23-40(39)48(42)45)51(35-18-9-5-10-19-35)36-20-11-6-12-21-36;/h4-5,7-32H,1-3H3;/q-1;. The number of benzene rings is 8. The topological polar surface area (TPSA) is 8.17 Å². The van der Waals surface area contributed by atoms with E-state index in [2.05, 4.69) is 194 Å². The van der Waals surface area contributed by atoms with Crippen LogP contribution in [0.25, 0.3) is 60.5 Å². The molecule has 9 aromatic rings. The largest absolute Gasteiger partial charge is 0.333 e. The molecule has 0 saturated carbocycles. The number of aryl methyl sites for hydroxylation is 1. The Morgan fingerprint density at radius 1 is 0.547 bits per heavy atom. The van der Waals surface area contributed by atoms with Crippen molar-refractivity contribution in [3.8, 4) is 27.9 Å². The van der Waals surface area contributed by atoms with E-state index in [4.69, 9.17) is 0 Å². The fourth-order valence-corrected chi connectivity index (χ4v) is 8.71. The molecule has 1 aliphatic rings. The number of hydrogen-bond donors (Lipinski definition) is 0. The first-order valence-corrected chi connectivity index (χ1v) is 18.1. The molecule has 0 saturated heterocycles. The van der Waals surface area contributed by atoms with Gasteiger partial charge in [0.1, 0.15) is 0 Å². The fraction of sp³-hybridized carbons (Fsp3) is 0.0800. The molecule has 53 heavy (non-hydrogen) atoms. The van der Waals surface area contributed by atoms with Crippen LogP contribution in [0.4, 0.5) is 17.1 Å². The smallest absolute Gasteiger partial charge is 0.0619 e. The van der Waals surface area contributed by atoms with Gasteiger partial charge >= 0.3 is 0 Å². The maximum absolute atomic E-state index is 3.22. The molecule has 0 N–H and O–H groups in total. The Hall–Kier alpha value is -5.02. The van der Waals surface area contributed by atoms with Gasteiger partial charge in [-0.25, -0.2) is 0 Å². The molecule has 8 aromatic carbocycles. The van der Waals surface area contributed by atoms with Crippen molar-refractivity contribution in [1.29, 1.82) is 0 Å². The van der Waals surface area contributed by atoms with Crippen LogP contribution < -0.4 is 4.90 Å². The number of para-hydroxylation sites is 2. The molecule has 10 rings (SSSR count). The number of rotatable bonds is 5. The molecule has 0 spiro atoms. The van der Waals surface area contributed by atoms with Gasteiger partial charge in [0, 0.05) is 79.8 Å². The van der Waals surface area contributed by atoms with Gasteiger partial charge in [0.15, 0.2) is 0 Å². The number of hydrogen-bond acceptors (Lipinski definition) is 1. The van der Waals surface area contributed by atoms with Gasteiger partial charge in [-0.15, -0.1) is 12.1 Å². The summed E-state index contributed by atoms with van der Waals surface area (Å²) in [4.78, 5) is 2.39. The first-order chi connectivity index (χ1) is 25.5. The van der Waals surface area contributed by atoms with Crippen molar-refractivity contribution in [2.75, 3.05) is 4.90 Å². The van der Waals surface area contributed by atoms with Crippen LogP contribution >= 0.6 is 0 Å². The Morgan fingerprint density at radius 2 is 1.23 bits per heavy atom. The molecular weight excluding hydrogens is 769 g/mol. The third-order valence-corrected chi connectivity index (χ3v) is 11.1. The van der Waals surface area contributed by atoms with E-state index in [-0.39, 0.29) is 46.7 Å². The summed E-state index contributed by atoms with van der Waals surface area (Å²) in [6, 6.07) is 65.2. The molecule has 1 aliphatic carbocycles. The molecule has 3 heteroatoms. The first-order valence-electron chi connectivity index (χ1n) is 18.1. The summed E-state index contributed by atoms with van der Waals surface area (Å²) in [6.07, 6.45) is 0. The van der Waals surface area contributed by atoms with Crippen LogP contribution in [-0.4, -0.2) is 4.57 Å². The van der Waals surface area contributed by atoms with Gasteiger partial charge in [-0.2, -0.15) is 18.2 Å². The number of nitrogens with zero attached hydrogens (tertiary/aromatic N) is 2. The van der Waals surface area contributed by atoms with Gasteiger partial charge in [-0.3, -0.25) is 0 Å². The van der Waals surface area contributed by atoms with Crippen molar-refractivity contribution >= 4 is 49.6 Å². The Morgan fingerprint density at radius 3 is 2.00 bits per heavy atom. The van der Waals surface area contributed by atoms with Crippen molar-refractivity contribution in [1.82, 2.24) is 4.57 Å². The maximum atomic E-state index is 3.22. The second kappa shape index (κ2) is 13.1. The summed E-state index contributed by atoms with van der Waals surface area (Å²) in [7, 11) is 0. The summed E-state index contributed by atoms with van der Waals surface area (Å²) in [5.74, 6) is 0. The van der Waals surface area contributed by atoms with E-state index in [0.717, 1.165) is 11.4 Å². The predicted molar refractivity (Wildman–Crippen MR) is 220 cm³/mol. The van der Waals surface area contributed by atoms with Crippen molar-refractivity contribution < 1.29 is 41.3 Å². The molecule has 0 amide bonds. The summed E-state index contributed by atoms with van der Waals surface area (Å²) in [5.41, 5.74) is 15.9. The van der Waals surface area contributed by atoms with Crippen molar-refractivity contribution in [2.24, 2.45) is 0 Å². The average molecular weight is 807 g/mol. The van der Waals surface area contributed by atoms with Crippen LogP contribution in [0.5, 0.6) is 0 Å². The van der Waals surface area contributed by atoms with Gasteiger partial charge in [-0.1, -0.05) is 128 Å². The Labute approximate surface area is 344 Å². The van der Waals surface area contributed by atoms with Crippen molar-refractivity contribution in [2.45, 2.75) is 26.2 Å². The minimum absolute atomic E-state index is 0. The van der Waals surface area contributed by atoms with E-state index in [0.29, 0.717) is 0 Å². The average Bonchev–Trinajstić information content (AvgIpc) is 3.63. The van der Waals surface area contributed by atoms with Gasteiger partial charge in [0.05, 0.1) is 16.7 Å². The molecule has 1 radical (unpaired) electrons. The molecule has 0 atom stereocenters. The van der Waals surface area contributed by atoms with E-state index in [1.807, 2.05) is 12.1 Å². The maximum Gasteiger partial charge on any atom is 0.0619 e. The predicted octanol–water partition coefficient (Wildman–Crippen LogP) is 13.5. The van der Waals surface area contributed by atoms with Gasteiger partial charge in [-0.05, 0) is 82.6 Å². The van der Waals surface area contributed by atoms with Gasteiger partial charge < -0.3 is 9.47 Å². The third-order valence-electron chi connectivity index (χ3n) is 11.1. The molecule has 2 nitrogen and oxygen atoms in total. The van der Waals surface area contributed by atoms with E-state index >= 15 is 0 Å². The zero-order valence-electron chi connectivity index (χ0n) is 30.1. The molecule has 0 unspecified atom stereocenters. The molecule has 1 heterocycles. The number of fused-ring (bicyclic) bond motifs is 8. The second-order valence-electron chi connectivity index (χ2n) is 14.6. The SMILES string of the molecule is Cc1ccc2c(c1)c1cccc(-c3ccccc3)c1n2-c1ccc2c(c1)C(C)(C)c1cc(N(c3cc[c-]cc3)c3ccccc3)c3ccccc3c1-2.[Pr]. The molecule has 0 bridgehead atoms. The summed E-state index contributed by atoms with van der Waals surface area (Å²) in [5, 5.41) is 5.07. The summed E-state index contributed by atoms with van der Waals surface area (Å²) in [6.45, 7) is 6.98. The number of anilines is 3. The molecule has 1 aromatic heterocycles. The Balaban J connectivity index is 0.00000372.